The number of aromatic amines is 1. The number of halogens is 3. The first-order chi connectivity index (χ1) is 8.89. The van der Waals surface area contributed by atoms with Crippen LogP contribution in [0, 0.1) is 0 Å². The van der Waals surface area contributed by atoms with E-state index in [0.717, 1.165) is 6.07 Å². The Kier molecular flexibility index (Phi) is 3.61. The van der Waals surface area contributed by atoms with Gasteiger partial charge in [-0.1, -0.05) is 18.2 Å². The molecule has 19 heavy (non-hydrogen) atoms. The molecular weight excluding hydrogens is 255 g/mol. The summed E-state index contributed by atoms with van der Waals surface area (Å²) in [7, 11) is 0. The van der Waals surface area contributed by atoms with Crippen molar-refractivity contribution in [3.8, 4) is 11.1 Å². The van der Waals surface area contributed by atoms with Gasteiger partial charge in [-0.15, -0.1) is 0 Å². The van der Waals surface area contributed by atoms with Gasteiger partial charge in [0.1, 0.15) is 0 Å². The molecule has 0 saturated carbocycles. The summed E-state index contributed by atoms with van der Waals surface area (Å²) in [5.41, 5.74) is 6.21. The van der Waals surface area contributed by atoms with E-state index in [1.54, 1.807) is 13.0 Å². The van der Waals surface area contributed by atoms with Gasteiger partial charge in [-0.25, -0.2) is 0 Å². The van der Waals surface area contributed by atoms with Gasteiger partial charge in [-0.3, -0.25) is 5.10 Å². The van der Waals surface area contributed by atoms with Crippen molar-refractivity contribution in [1.29, 1.82) is 0 Å². The van der Waals surface area contributed by atoms with Gasteiger partial charge in [0.05, 0.1) is 11.8 Å². The van der Waals surface area contributed by atoms with Crippen molar-refractivity contribution >= 4 is 0 Å². The van der Waals surface area contributed by atoms with E-state index in [9.17, 15) is 13.2 Å². The minimum atomic E-state index is -4.39. The van der Waals surface area contributed by atoms with Crippen molar-refractivity contribution in [2.45, 2.75) is 25.6 Å². The Morgan fingerprint density at radius 3 is 2.58 bits per heavy atom. The summed E-state index contributed by atoms with van der Waals surface area (Å²) in [6.07, 6.45) is -2.54. The average molecular weight is 269 g/mol. The molecule has 6 heteroatoms. The number of nitrogens with one attached hydrogen (secondary N) is 1. The Labute approximate surface area is 108 Å². The van der Waals surface area contributed by atoms with Gasteiger partial charge in [-0.2, -0.15) is 18.3 Å². The molecule has 0 aliphatic carbocycles. The van der Waals surface area contributed by atoms with Crippen LogP contribution in [-0.2, 0) is 12.6 Å². The molecule has 1 aromatic carbocycles. The predicted octanol–water partition coefficient (Wildman–Crippen LogP) is 2.99. The molecule has 0 aliphatic rings. The molecule has 2 rings (SSSR count). The Bertz CT molecular complexity index is 558. The van der Waals surface area contributed by atoms with Crippen LogP contribution < -0.4 is 5.73 Å². The molecule has 3 nitrogen and oxygen atoms in total. The average Bonchev–Trinajstić information content (AvgIpc) is 2.75. The number of hydrogen-bond donors (Lipinski definition) is 2. The maximum Gasteiger partial charge on any atom is 0.417 e. The van der Waals surface area contributed by atoms with Crippen LogP contribution in [0.5, 0.6) is 0 Å². The first-order valence-electron chi connectivity index (χ1n) is 5.84. The second-order valence-electron chi connectivity index (χ2n) is 4.49. The van der Waals surface area contributed by atoms with Gasteiger partial charge in [-0.05, 0) is 18.6 Å². The topological polar surface area (TPSA) is 54.7 Å². The highest BCUT2D eigenvalue weighted by Crippen LogP contribution is 2.37. The van der Waals surface area contributed by atoms with E-state index in [1.165, 1.54) is 18.3 Å². The summed E-state index contributed by atoms with van der Waals surface area (Å²) in [6, 6.07) is 5.30. The summed E-state index contributed by atoms with van der Waals surface area (Å²) in [6.45, 7) is 1.79. The number of nitrogens with zero attached hydrogens (tertiary/aromatic N) is 1. The molecule has 1 unspecified atom stereocenters. The minimum absolute atomic E-state index is 0.124. The van der Waals surface area contributed by atoms with Crippen LogP contribution in [0.4, 0.5) is 13.2 Å². The van der Waals surface area contributed by atoms with E-state index in [1.807, 2.05) is 0 Å². The lowest BCUT2D eigenvalue weighted by molar-refractivity contribution is -0.137. The quantitative estimate of drug-likeness (QED) is 0.900. The zero-order chi connectivity index (χ0) is 14.0. The van der Waals surface area contributed by atoms with Gasteiger partial charge < -0.3 is 5.73 Å². The second kappa shape index (κ2) is 5.05. The fourth-order valence-corrected chi connectivity index (χ4v) is 1.99. The zero-order valence-corrected chi connectivity index (χ0v) is 10.3. The van der Waals surface area contributed by atoms with Crippen LogP contribution in [-0.4, -0.2) is 16.2 Å². The van der Waals surface area contributed by atoms with Crippen LogP contribution in [0.15, 0.2) is 30.5 Å². The molecule has 1 aromatic heterocycles. The lowest BCUT2D eigenvalue weighted by atomic mass is 9.98. The van der Waals surface area contributed by atoms with E-state index >= 15 is 0 Å². The number of H-pyrrole nitrogens is 1. The Morgan fingerprint density at radius 1 is 1.26 bits per heavy atom. The lowest BCUT2D eigenvalue weighted by Gasteiger charge is -2.13. The van der Waals surface area contributed by atoms with Crippen molar-refractivity contribution < 1.29 is 13.2 Å². The van der Waals surface area contributed by atoms with Crippen LogP contribution in [0.2, 0.25) is 0 Å². The SMILES string of the molecule is CC(N)Cc1[nH]ncc1-c1ccccc1C(F)(F)F. The summed E-state index contributed by atoms with van der Waals surface area (Å²) in [4.78, 5) is 0. The standard InChI is InChI=1S/C13H14F3N3/c1-8(17)6-12-10(7-18-19-12)9-4-2-3-5-11(9)13(14,15)16/h2-5,7-8H,6,17H2,1H3,(H,18,19). The molecule has 102 valence electrons. The molecule has 0 spiro atoms. The summed E-state index contributed by atoms with van der Waals surface area (Å²) in [5.74, 6) is 0. The van der Waals surface area contributed by atoms with Crippen molar-refractivity contribution in [1.82, 2.24) is 10.2 Å². The fraction of sp³-hybridized carbons (Fsp3) is 0.308. The van der Waals surface area contributed by atoms with Crippen molar-refractivity contribution in [3.05, 3.63) is 41.7 Å². The molecule has 0 amide bonds. The Hall–Kier alpha value is -1.82. The first kappa shape index (κ1) is 13.6. The van der Waals surface area contributed by atoms with Crippen LogP contribution >= 0.6 is 0 Å². The predicted molar refractivity (Wildman–Crippen MR) is 66.4 cm³/mol. The molecule has 1 heterocycles. The molecule has 3 N–H and O–H groups in total. The molecule has 1 atom stereocenters. The number of aromatic nitrogens is 2. The minimum Gasteiger partial charge on any atom is -0.328 e. The van der Waals surface area contributed by atoms with E-state index < -0.39 is 11.7 Å². The second-order valence-corrected chi connectivity index (χ2v) is 4.49. The van der Waals surface area contributed by atoms with Gasteiger partial charge >= 0.3 is 6.18 Å². The van der Waals surface area contributed by atoms with Gasteiger partial charge in [0.15, 0.2) is 0 Å². The number of benzene rings is 1. The molecular formula is C13H14F3N3. The smallest absolute Gasteiger partial charge is 0.328 e. The third kappa shape index (κ3) is 2.96. The Morgan fingerprint density at radius 2 is 1.95 bits per heavy atom. The number of nitrogens with two attached hydrogens (primary N) is 1. The van der Waals surface area contributed by atoms with Crippen molar-refractivity contribution in [3.63, 3.8) is 0 Å². The van der Waals surface area contributed by atoms with Crippen molar-refractivity contribution in [2.24, 2.45) is 5.73 Å². The third-order valence-corrected chi connectivity index (χ3v) is 2.77. The monoisotopic (exact) mass is 269 g/mol. The fourth-order valence-electron chi connectivity index (χ4n) is 1.99. The van der Waals surface area contributed by atoms with E-state index in [2.05, 4.69) is 10.2 Å². The van der Waals surface area contributed by atoms with Crippen LogP contribution in [0.25, 0.3) is 11.1 Å². The van der Waals surface area contributed by atoms with Crippen molar-refractivity contribution in [2.75, 3.05) is 0 Å². The maximum atomic E-state index is 13.0. The third-order valence-electron chi connectivity index (χ3n) is 2.77. The van der Waals surface area contributed by atoms with Crippen LogP contribution in [0.3, 0.4) is 0 Å². The molecule has 0 bridgehead atoms. The summed E-state index contributed by atoms with van der Waals surface area (Å²) in [5, 5.41) is 6.54. The number of alkyl halides is 3. The largest absolute Gasteiger partial charge is 0.417 e. The summed E-state index contributed by atoms with van der Waals surface area (Å²) >= 11 is 0. The molecule has 2 aromatic rings. The highest BCUT2D eigenvalue weighted by atomic mass is 19.4. The highest BCUT2D eigenvalue weighted by Gasteiger charge is 2.34. The molecule has 0 fully saturated rings. The van der Waals surface area contributed by atoms with Gasteiger partial charge in [0.25, 0.3) is 0 Å². The van der Waals surface area contributed by atoms with Gasteiger partial charge in [0.2, 0.25) is 0 Å². The van der Waals surface area contributed by atoms with E-state index in [0.29, 0.717) is 17.7 Å². The number of hydrogen-bond acceptors (Lipinski definition) is 2. The maximum absolute atomic E-state index is 13.0. The normalized spacial score (nSPS) is 13.5. The zero-order valence-electron chi connectivity index (χ0n) is 10.3. The van der Waals surface area contributed by atoms with Crippen LogP contribution in [0.1, 0.15) is 18.2 Å². The molecule has 0 aliphatic heterocycles. The number of rotatable bonds is 3. The van der Waals surface area contributed by atoms with E-state index in [-0.39, 0.29) is 11.6 Å². The first-order valence-corrected chi connectivity index (χ1v) is 5.84. The Balaban J connectivity index is 2.51. The molecule has 0 radical (unpaired) electrons. The summed E-state index contributed by atoms with van der Waals surface area (Å²) < 4.78 is 38.9. The lowest BCUT2D eigenvalue weighted by Crippen LogP contribution is -2.18. The van der Waals surface area contributed by atoms with Gasteiger partial charge in [0, 0.05) is 23.7 Å². The highest BCUT2D eigenvalue weighted by molar-refractivity contribution is 5.69. The molecule has 0 saturated heterocycles. The van der Waals surface area contributed by atoms with E-state index in [4.69, 9.17) is 5.73 Å².